The van der Waals surface area contributed by atoms with Gasteiger partial charge in [-0.3, -0.25) is 0 Å². The molecular formula is C20H27NO. The van der Waals surface area contributed by atoms with E-state index in [0.29, 0.717) is 5.75 Å². The highest BCUT2D eigenvalue weighted by atomic mass is 16.3. The van der Waals surface area contributed by atoms with Gasteiger partial charge in [-0.15, -0.1) is 0 Å². The van der Waals surface area contributed by atoms with Crippen molar-refractivity contribution in [1.29, 1.82) is 0 Å². The molecule has 22 heavy (non-hydrogen) atoms. The van der Waals surface area contributed by atoms with Crippen LogP contribution >= 0.6 is 0 Å². The van der Waals surface area contributed by atoms with E-state index >= 15 is 0 Å². The van der Waals surface area contributed by atoms with E-state index in [-0.39, 0.29) is 0 Å². The predicted molar refractivity (Wildman–Crippen MR) is 95.2 cm³/mol. The van der Waals surface area contributed by atoms with Crippen LogP contribution in [0.15, 0.2) is 36.4 Å². The SMILES string of the molecule is CCCCc1cc(O)c(-c2ccccc2)c(N)c1CCCC. The van der Waals surface area contributed by atoms with Crippen molar-refractivity contribution in [3.63, 3.8) is 0 Å². The molecule has 0 unspecified atom stereocenters. The lowest BCUT2D eigenvalue weighted by molar-refractivity contribution is 0.476. The Bertz CT molecular complexity index is 605. The van der Waals surface area contributed by atoms with Crippen molar-refractivity contribution >= 4 is 5.69 Å². The molecule has 2 nitrogen and oxygen atoms in total. The maximum atomic E-state index is 10.5. The van der Waals surface area contributed by atoms with E-state index in [2.05, 4.69) is 13.8 Å². The lowest BCUT2D eigenvalue weighted by Gasteiger charge is -2.18. The third-order valence-corrected chi connectivity index (χ3v) is 4.19. The van der Waals surface area contributed by atoms with E-state index in [4.69, 9.17) is 5.73 Å². The molecule has 0 bridgehead atoms. The number of phenolic OH excluding ortho intramolecular Hbond substituents is 1. The van der Waals surface area contributed by atoms with Gasteiger partial charge in [0.2, 0.25) is 0 Å². The summed E-state index contributed by atoms with van der Waals surface area (Å²) >= 11 is 0. The molecule has 0 amide bonds. The van der Waals surface area contributed by atoms with E-state index in [1.54, 1.807) is 0 Å². The van der Waals surface area contributed by atoms with Crippen molar-refractivity contribution < 1.29 is 5.11 Å². The average Bonchev–Trinajstić information content (AvgIpc) is 2.53. The van der Waals surface area contributed by atoms with Gasteiger partial charge in [-0.2, -0.15) is 0 Å². The highest BCUT2D eigenvalue weighted by Gasteiger charge is 2.16. The van der Waals surface area contributed by atoms with Gasteiger partial charge in [-0.1, -0.05) is 57.0 Å². The minimum absolute atomic E-state index is 0.301. The Hall–Kier alpha value is -1.96. The zero-order valence-electron chi connectivity index (χ0n) is 13.7. The number of hydrogen-bond acceptors (Lipinski definition) is 2. The number of rotatable bonds is 7. The Morgan fingerprint density at radius 2 is 1.59 bits per heavy atom. The van der Waals surface area contributed by atoms with Gasteiger partial charge in [0.1, 0.15) is 5.75 Å². The highest BCUT2D eigenvalue weighted by Crippen LogP contribution is 2.39. The molecular weight excluding hydrogens is 270 g/mol. The summed E-state index contributed by atoms with van der Waals surface area (Å²) in [5, 5.41) is 10.5. The number of unbranched alkanes of at least 4 members (excludes halogenated alkanes) is 2. The van der Waals surface area contributed by atoms with E-state index in [1.165, 1.54) is 11.1 Å². The van der Waals surface area contributed by atoms with Crippen LogP contribution in [0.2, 0.25) is 0 Å². The summed E-state index contributed by atoms with van der Waals surface area (Å²) in [7, 11) is 0. The molecule has 2 rings (SSSR count). The topological polar surface area (TPSA) is 46.2 Å². The fraction of sp³-hybridized carbons (Fsp3) is 0.400. The smallest absolute Gasteiger partial charge is 0.125 e. The summed E-state index contributed by atoms with van der Waals surface area (Å²) in [4.78, 5) is 0. The van der Waals surface area contributed by atoms with Gasteiger partial charge in [0.05, 0.1) is 0 Å². The van der Waals surface area contributed by atoms with Crippen LogP contribution in [0.3, 0.4) is 0 Å². The molecule has 0 aliphatic rings. The quantitative estimate of drug-likeness (QED) is 0.679. The molecule has 0 aromatic heterocycles. The maximum absolute atomic E-state index is 10.5. The van der Waals surface area contributed by atoms with E-state index in [0.717, 1.165) is 55.3 Å². The molecule has 2 aromatic carbocycles. The van der Waals surface area contributed by atoms with E-state index in [9.17, 15) is 5.11 Å². The summed E-state index contributed by atoms with van der Waals surface area (Å²) in [6, 6.07) is 11.9. The summed E-state index contributed by atoms with van der Waals surface area (Å²) < 4.78 is 0. The molecule has 2 aromatic rings. The first-order valence-electron chi connectivity index (χ1n) is 8.37. The molecule has 0 aliphatic carbocycles. The van der Waals surface area contributed by atoms with Crippen LogP contribution in [0.1, 0.15) is 50.7 Å². The van der Waals surface area contributed by atoms with Gasteiger partial charge in [-0.05, 0) is 48.4 Å². The van der Waals surface area contributed by atoms with Crippen molar-refractivity contribution in [3.8, 4) is 16.9 Å². The van der Waals surface area contributed by atoms with Gasteiger partial charge in [0.25, 0.3) is 0 Å². The lowest BCUT2D eigenvalue weighted by Crippen LogP contribution is -2.03. The van der Waals surface area contributed by atoms with Crippen molar-refractivity contribution in [1.82, 2.24) is 0 Å². The van der Waals surface area contributed by atoms with Crippen molar-refractivity contribution in [3.05, 3.63) is 47.5 Å². The molecule has 0 atom stereocenters. The number of aryl methyl sites for hydroxylation is 1. The number of phenols is 1. The molecule has 0 radical (unpaired) electrons. The monoisotopic (exact) mass is 297 g/mol. The van der Waals surface area contributed by atoms with Crippen LogP contribution in [0.5, 0.6) is 5.75 Å². The Kier molecular flexibility index (Phi) is 5.88. The molecule has 0 fully saturated rings. The summed E-state index contributed by atoms with van der Waals surface area (Å²) in [5.74, 6) is 0.301. The first-order valence-corrected chi connectivity index (χ1v) is 8.37. The van der Waals surface area contributed by atoms with E-state index in [1.807, 2.05) is 36.4 Å². The number of aromatic hydroxyl groups is 1. The van der Waals surface area contributed by atoms with Crippen LogP contribution in [-0.2, 0) is 12.8 Å². The highest BCUT2D eigenvalue weighted by molar-refractivity contribution is 5.84. The van der Waals surface area contributed by atoms with Gasteiger partial charge in [-0.25, -0.2) is 0 Å². The standard InChI is InChI=1S/C20H27NO/c1-3-5-10-16-14-18(22)19(15-11-8-7-9-12-15)20(21)17(16)13-6-4-2/h7-9,11-12,14,22H,3-6,10,13,21H2,1-2H3. The minimum atomic E-state index is 0.301. The molecule has 0 saturated heterocycles. The van der Waals surface area contributed by atoms with Crippen molar-refractivity contribution in [2.45, 2.75) is 52.4 Å². The molecule has 3 N–H and O–H groups in total. The number of benzene rings is 2. The lowest BCUT2D eigenvalue weighted by atomic mass is 9.90. The zero-order valence-corrected chi connectivity index (χ0v) is 13.7. The number of nitrogen functional groups attached to an aromatic ring is 1. The summed E-state index contributed by atoms with van der Waals surface area (Å²) in [6.07, 6.45) is 6.53. The fourth-order valence-corrected chi connectivity index (χ4v) is 2.93. The largest absolute Gasteiger partial charge is 0.507 e. The third kappa shape index (κ3) is 3.62. The molecule has 2 heteroatoms. The number of nitrogens with two attached hydrogens (primary N) is 1. The minimum Gasteiger partial charge on any atom is -0.507 e. The Labute approximate surface area is 134 Å². The van der Waals surface area contributed by atoms with Crippen molar-refractivity contribution in [2.75, 3.05) is 5.73 Å². The maximum Gasteiger partial charge on any atom is 0.125 e. The van der Waals surface area contributed by atoms with Gasteiger partial charge in [0, 0.05) is 11.3 Å². The van der Waals surface area contributed by atoms with Gasteiger partial charge in [0.15, 0.2) is 0 Å². The summed E-state index contributed by atoms with van der Waals surface area (Å²) in [6.45, 7) is 4.38. The first kappa shape index (κ1) is 16.4. The van der Waals surface area contributed by atoms with Gasteiger partial charge < -0.3 is 10.8 Å². The van der Waals surface area contributed by atoms with Crippen LogP contribution in [0, 0.1) is 0 Å². The number of anilines is 1. The van der Waals surface area contributed by atoms with E-state index < -0.39 is 0 Å². The van der Waals surface area contributed by atoms with Crippen LogP contribution in [0.4, 0.5) is 5.69 Å². The molecule has 0 aliphatic heterocycles. The normalized spacial score (nSPS) is 10.8. The van der Waals surface area contributed by atoms with Crippen LogP contribution < -0.4 is 5.73 Å². The Morgan fingerprint density at radius 1 is 0.955 bits per heavy atom. The third-order valence-electron chi connectivity index (χ3n) is 4.19. The number of hydrogen-bond donors (Lipinski definition) is 2. The molecule has 0 saturated carbocycles. The Morgan fingerprint density at radius 3 is 2.23 bits per heavy atom. The first-order chi connectivity index (χ1) is 10.7. The average molecular weight is 297 g/mol. The summed E-state index contributed by atoms with van der Waals surface area (Å²) in [5.41, 5.74) is 11.4. The van der Waals surface area contributed by atoms with Crippen LogP contribution in [0.25, 0.3) is 11.1 Å². The zero-order chi connectivity index (χ0) is 15.9. The molecule has 0 heterocycles. The second-order valence-corrected chi connectivity index (χ2v) is 5.90. The molecule has 0 spiro atoms. The predicted octanol–water partition coefficient (Wildman–Crippen LogP) is 5.33. The Balaban J connectivity index is 2.51. The fourth-order valence-electron chi connectivity index (χ4n) is 2.93. The second kappa shape index (κ2) is 7.88. The second-order valence-electron chi connectivity index (χ2n) is 5.90. The van der Waals surface area contributed by atoms with Gasteiger partial charge >= 0.3 is 0 Å². The van der Waals surface area contributed by atoms with Crippen LogP contribution in [-0.4, -0.2) is 5.11 Å². The molecule has 118 valence electrons. The van der Waals surface area contributed by atoms with Crippen molar-refractivity contribution in [2.24, 2.45) is 0 Å².